The van der Waals surface area contributed by atoms with Gasteiger partial charge < -0.3 is 30.1 Å². The number of rotatable bonds is 16. The van der Waals surface area contributed by atoms with Gasteiger partial charge in [-0.25, -0.2) is 8.78 Å². The zero-order valence-corrected chi connectivity index (χ0v) is 30.0. The summed E-state index contributed by atoms with van der Waals surface area (Å²) in [5.41, 5.74) is 3.28. The monoisotopic (exact) mass is 703 g/mol. The third kappa shape index (κ3) is 10.4. The number of ether oxygens (including phenoxy) is 1. The van der Waals surface area contributed by atoms with Gasteiger partial charge in [0.2, 0.25) is 17.7 Å². The van der Waals surface area contributed by atoms with Crippen LogP contribution in [0.25, 0.3) is 11.1 Å². The molecule has 0 aliphatic carbocycles. The first kappa shape index (κ1) is 38.1. The van der Waals surface area contributed by atoms with Crippen molar-refractivity contribution in [3.05, 3.63) is 95.6 Å². The number of carbonyl (C=O) groups is 3. The van der Waals surface area contributed by atoms with Gasteiger partial charge in [-0.2, -0.15) is 0 Å². The number of likely N-dealkylation sites (N-methyl/N-ethyl adjacent to an activating group) is 2. The number of hydrogen-bond donors (Lipinski definition) is 2. The van der Waals surface area contributed by atoms with Crippen LogP contribution >= 0.6 is 0 Å². The molecule has 51 heavy (non-hydrogen) atoms. The van der Waals surface area contributed by atoms with E-state index in [1.807, 2.05) is 54.6 Å². The minimum atomic E-state index is -1.04. The Balaban J connectivity index is 1.36. The first-order valence-electron chi connectivity index (χ1n) is 18.0. The molecule has 3 amide bonds. The minimum Gasteiger partial charge on any atom is -0.370 e. The Morgan fingerprint density at radius 1 is 0.882 bits per heavy atom. The number of nitrogens with one attached hydrogen (secondary N) is 2. The lowest BCUT2D eigenvalue weighted by Crippen LogP contribution is -2.56. The summed E-state index contributed by atoms with van der Waals surface area (Å²) in [6.07, 6.45) is 5.11. The molecule has 3 aromatic carbocycles. The molecule has 4 unspecified atom stereocenters. The lowest BCUT2D eigenvalue weighted by molar-refractivity contribution is -0.149. The standard InChI is InChI=1S/C40H51F2N5O4/c1-45-22-8-12-33(45)19-21-44-39(49)36(25-29-15-18-34(41)35(42)23-29)47(3)40(50)37(46(2)38(48)27-51-26-32-11-7-20-43-32)24-28-13-16-31(17-14-28)30-9-5-4-6-10-30/h4-6,9-10,13-18,23,32-33,36-37,43H,7-8,11-12,19-22,24-27H2,1-3H3,(H,44,49). The molecule has 5 rings (SSSR count). The van der Waals surface area contributed by atoms with Crippen molar-refractivity contribution in [2.75, 3.05) is 54.0 Å². The van der Waals surface area contributed by atoms with Gasteiger partial charge in [0, 0.05) is 45.6 Å². The van der Waals surface area contributed by atoms with E-state index in [1.54, 1.807) is 7.05 Å². The molecule has 0 spiro atoms. The summed E-state index contributed by atoms with van der Waals surface area (Å²) in [5, 5.41) is 6.35. The maximum absolute atomic E-state index is 14.5. The van der Waals surface area contributed by atoms with Gasteiger partial charge in [0.05, 0.1) is 6.61 Å². The van der Waals surface area contributed by atoms with Crippen molar-refractivity contribution in [3.63, 3.8) is 0 Å². The normalized spacial score (nSPS) is 18.7. The molecule has 0 bridgehead atoms. The van der Waals surface area contributed by atoms with Gasteiger partial charge in [-0.05, 0) is 86.6 Å². The lowest BCUT2D eigenvalue weighted by Gasteiger charge is -2.35. The predicted molar refractivity (Wildman–Crippen MR) is 194 cm³/mol. The van der Waals surface area contributed by atoms with Crippen LogP contribution in [0.3, 0.4) is 0 Å². The van der Waals surface area contributed by atoms with Crippen molar-refractivity contribution in [2.45, 2.75) is 69.1 Å². The average Bonchev–Trinajstić information content (AvgIpc) is 3.82. The molecule has 0 aromatic heterocycles. The number of carbonyl (C=O) groups excluding carboxylic acids is 3. The van der Waals surface area contributed by atoms with Crippen LogP contribution in [0.2, 0.25) is 0 Å². The van der Waals surface area contributed by atoms with Gasteiger partial charge in [0.1, 0.15) is 18.7 Å². The molecule has 2 aliphatic rings. The van der Waals surface area contributed by atoms with Crippen molar-refractivity contribution < 1.29 is 27.9 Å². The van der Waals surface area contributed by atoms with Crippen molar-refractivity contribution >= 4 is 17.7 Å². The largest absolute Gasteiger partial charge is 0.370 e. The van der Waals surface area contributed by atoms with Crippen molar-refractivity contribution in [2.24, 2.45) is 0 Å². The highest BCUT2D eigenvalue weighted by atomic mass is 19.2. The SMILES string of the molecule is CN1CCCC1CCNC(=O)C(Cc1ccc(F)c(F)c1)N(C)C(=O)C(Cc1ccc(-c2ccccc2)cc1)N(C)C(=O)COCC1CCCN1. The molecule has 2 fully saturated rings. The van der Waals surface area contributed by atoms with Crippen LogP contribution in [-0.4, -0.2) is 111 Å². The van der Waals surface area contributed by atoms with Gasteiger partial charge in [0.25, 0.3) is 0 Å². The number of hydrogen-bond acceptors (Lipinski definition) is 6. The molecule has 274 valence electrons. The molecule has 0 saturated carbocycles. The van der Waals surface area contributed by atoms with Crippen LogP contribution in [0.15, 0.2) is 72.8 Å². The van der Waals surface area contributed by atoms with Gasteiger partial charge in [-0.3, -0.25) is 14.4 Å². The fourth-order valence-electron chi connectivity index (χ4n) is 7.05. The molecule has 2 aliphatic heterocycles. The topological polar surface area (TPSA) is 94.2 Å². The Kier molecular flexibility index (Phi) is 13.7. The Morgan fingerprint density at radius 3 is 2.25 bits per heavy atom. The second kappa shape index (κ2) is 18.3. The summed E-state index contributed by atoms with van der Waals surface area (Å²) in [7, 11) is 5.18. The molecular formula is C40H51F2N5O4. The molecule has 4 atom stereocenters. The van der Waals surface area contributed by atoms with E-state index in [4.69, 9.17) is 4.74 Å². The Morgan fingerprint density at radius 2 is 1.59 bits per heavy atom. The van der Waals surface area contributed by atoms with Crippen LogP contribution in [0, 0.1) is 11.6 Å². The summed E-state index contributed by atoms with van der Waals surface area (Å²) >= 11 is 0. The zero-order chi connectivity index (χ0) is 36.3. The maximum atomic E-state index is 14.5. The van der Waals surface area contributed by atoms with E-state index in [2.05, 4.69) is 22.6 Å². The van der Waals surface area contributed by atoms with E-state index in [9.17, 15) is 23.2 Å². The number of amides is 3. The van der Waals surface area contributed by atoms with E-state index in [0.717, 1.165) is 74.0 Å². The summed E-state index contributed by atoms with van der Waals surface area (Å²) in [6, 6.07) is 19.8. The molecule has 2 saturated heterocycles. The highest BCUT2D eigenvalue weighted by Gasteiger charge is 2.35. The molecule has 0 radical (unpaired) electrons. The highest BCUT2D eigenvalue weighted by molar-refractivity contribution is 5.92. The Hall–Kier alpha value is -4.19. The second-order valence-electron chi connectivity index (χ2n) is 13.9. The average molecular weight is 704 g/mol. The minimum absolute atomic E-state index is 0.0394. The van der Waals surface area contributed by atoms with E-state index in [-0.39, 0.29) is 31.4 Å². The summed E-state index contributed by atoms with van der Waals surface area (Å²) in [5.74, 6) is -3.23. The lowest BCUT2D eigenvalue weighted by atomic mass is 9.98. The van der Waals surface area contributed by atoms with Gasteiger partial charge >= 0.3 is 0 Å². The third-order valence-corrected chi connectivity index (χ3v) is 10.3. The van der Waals surface area contributed by atoms with Crippen LogP contribution in [0.5, 0.6) is 0 Å². The quantitative estimate of drug-likeness (QED) is 0.229. The zero-order valence-electron chi connectivity index (χ0n) is 30.0. The van der Waals surface area contributed by atoms with E-state index in [1.165, 1.54) is 22.9 Å². The predicted octanol–water partition coefficient (Wildman–Crippen LogP) is 4.44. The summed E-state index contributed by atoms with van der Waals surface area (Å²) < 4.78 is 33.9. The van der Waals surface area contributed by atoms with E-state index in [0.29, 0.717) is 24.8 Å². The fraction of sp³-hybridized carbons (Fsp3) is 0.475. The smallest absolute Gasteiger partial charge is 0.249 e. The van der Waals surface area contributed by atoms with E-state index < -0.39 is 35.5 Å². The van der Waals surface area contributed by atoms with Crippen LogP contribution in [0.1, 0.15) is 43.2 Å². The van der Waals surface area contributed by atoms with Gasteiger partial charge in [-0.15, -0.1) is 0 Å². The van der Waals surface area contributed by atoms with Gasteiger partial charge in [0.15, 0.2) is 11.6 Å². The molecule has 9 nitrogen and oxygen atoms in total. The number of halogens is 2. The van der Waals surface area contributed by atoms with Crippen LogP contribution < -0.4 is 10.6 Å². The van der Waals surface area contributed by atoms with Crippen LogP contribution in [-0.2, 0) is 32.0 Å². The van der Waals surface area contributed by atoms with Gasteiger partial charge in [-0.1, -0.05) is 60.7 Å². The van der Waals surface area contributed by atoms with Crippen molar-refractivity contribution in [1.82, 2.24) is 25.3 Å². The fourth-order valence-corrected chi connectivity index (χ4v) is 7.05. The maximum Gasteiger partial charge on any atom is 0.249 e. The summed E-state index contributed by atoms with van der Waals surface area (Å²) in [4.78, 5) is 46.9. The molecule has 3 aromatic rings. The first-order chi connectivity index (χ1) is 24.6. The van der Waals surface area contributed by atoms with Crippen molar-refractivity contribution in [3.8, 4) is 11.1 Å². The Bertz CT molecular complexity index is 1600. The third-order valence-electron chi connectivity index (χ3n) is 10.3. The second-order valence-corrected chi connectivity index (χ2v) is 13.9. The number of benzene rings is 3. The van der Waals surface area contributed by atoms with E-state index >= 15 is 0 Å². The molecule has 11 heteroatoms. The van der Waals surface area contributed by atoms with Crippen LogP contribution in [0.4, 0.5) is 8.78 Å². The molecule has 2 heterocycles. The summed E-state index contributed by atoms with van der Waals surface area (Å²) in [6.45, 7) is 2.55. The number of likely N-dealkylation sites (tertiary alicyclic amines) is 1. The highest BCUT2D eigenvalue weighted by Crippen LogP contribution is 2.22. The first-order valence-corrected chi connectivity index (χ1v) is 18.0. The molecule has 2 N–H and O–H groups in total. The molecular weight excluding hydrogens is 652 g/mol. The number of nitrogens with zero attached hydrogens (tertiary/aromatic N) is 3. The van der Waals surface area contributed by atoms with Crippen molar-refractivity contribution in [1.29, 1.82) is 0 Å². The Labute approximate surface area is 300 Å².